The second-order valence-corrected chi connectivity index (χ2v) is 7.07. The van der Waals surface area contributed by atoms with Crippen molar-refractivity contribution in [3.8, 4) is 5.75 Å². The zero-order valence-electron chi connectivity index (χ0n) is 17.2. The first-order valence-corrected chi connectivity index (χ1v) is 9.85. The van der Waals surface area contributed by atoms with E-state index in [1.165, 1.54) is 0 Å². The van der Waals surface area contributed by atoms with E-state index < -0.39 is 5.97 Å². The Morgan fingerprint density at radius 1 is 0.867 bits per heavy atom. The van der Waals surface area contributed by atoms with Crippen LogP contribution in [-0.4, -0.2) is 24.5 Å². The lowest BCUT2D eigenvalue weighted by Gasteiger charge is -2.26. The van der Waals surface area contributed by atoms with E-state index in [9.17, 15) is 9.59 Å². The van der Waals surface area contributed by atoms with Gasteiger partial charge < -0.3 is 14.4 Å². The molecule has 1 amide bonds. The third-order valence-electron chi connectivity index (χ3n) is 4.46. The minimum atomic E-state index is -0.565. The predicted octanol–water partition coefficient (Wildman–Crippen LogP) is 4.86. The molecular weight excluding hydrogens is 378 g/mol. The third-order valence-corrected chi connectivity index (χ3v) is 4.46. The number of benzene rings is 3. The van der Waals surface area contributed by atoms with Gasteiger partial charge in [-0.3, -0.25) is 4.79 Å². The summed E-state index contributed by atoms with van der Waals surface area (Å²) >= 11 is 0. The number of esters is 1. The highest BCUT2D eigenvalue weighted by Gasteiger charge is 2.21. The first kappa shape index (κ1) is 21.1. The topological polar surface area (TPSA) is 55.8 Å². The molecule has 0 saturated heterocycles. The summed E-state index contributed by atoms with van der Waals surface area (Å²) in [6, 6.07) is 25.8. The van der Waals surface area contributed by atoms with Crippen molar-refractivity contribution in [3.05, 3.63) is 96.1 Å². The van der Waals surface area contributed by atoms with Crippen molar-refractivity contribution < 1.29 is 19.1 Å². The molecule has 0 atom stereocenters. The number of hydrogen-bond acceptors (Lipinski definition) is 4. The van der Waals surface area contributed by atoms with E-state index in [1.807, 2.05) is 74.5 Å². The van der Waals surface area contributed by atoms with Crippen LogP contribution in [0.25, 0.3) is 0 Å². The van der Waals surface area contributed by atoms with Gasteiger partial charge in [-0.05, 0) is 49.7 Å². The van der Waals surface area contributed by atoms with Gasteiger partial charge in [0.25, 0.3) is 5.91 Å². The lowest BCUT2D eigenvalue weighted by Crippen LogP contribution is -2.39. The van der Waals surface area contributed by atoms with E-state index in [1.54, 1.807) is 29.2 Å². The van der Waals surface area contributed by atoms with Crippen LogP contribution < -0.4 is 9.64 Å². The molecule has 5 nitrogen and oxygen atoms in total. The van der Waals surface area contributed by atoms with Gasteiger partial charge in [0.15, 0.2) is 6.61 Å². The van der Waals surface area contributed by atoms with Gasteiger partial charge in [0.2, 0.25) is 0 Å². The Labute approximate surface area is 176 Å². The highest BCUT2D eigenvalue weighted by molar-refractivity contribution is 5.97. The number of rotatable bonds is 8. The molecule has 3 rings (SSSR count). The van der Waals surface area contributed by atoms with Crippen LogP contribution in [0.15, 0.2) is 84.9 Å². The molecule has 3 aromatic rings. The van der Waals surface area contributed by atoms with Gasteiger partial charge in [0, 0.05) is 11.7 Å². The van der Waals surface area contributed by atoms with Crippen LogP contribution in [0.3, 0.4) is 0 Å². The molecule has 0 radical (unpaired) electrons. The molecule has 154 valence electrons. The average Bonchev–Trinajstić information content (AvgIpc) is 2.77. The Morgan fingerprint density at radius 3 is 2.20 bits per heavy atom. The van der Waals surface area contributed by atoms with Crippen molar-refractivity contribution in [2.45, 2.75) is 26.5 Å². The Kier molecular flexibility index (Phi) is 7.22. The molecule has 0 spiro atoms. The summed E-state index contributed by atoms with van der Waals surface area (Å²) in [5.41, 5.74) is 2.14. The van der Waals surface area contributed by atoms with Crippen LogP contribution in [0.5, 0.6) is 5.75 Å². The number of para-hydroxylation sites is 1. The maximum Gasteiger partial charge on any atom is 0.338 e. The van der Waals surface area contributed by atoms with Gasteiger partial charge in [-0.25, -0.2) is 4.79 Å². The quantitative estimate of drug-likeness (QED) is 0.504. The Balaban J connectivity index is 1.59. The van der Waals surface area contributed by atoms with Gasteiger partial charge in [-0.1, -0.05) is 54.6 Å². The number of carbonyl (C=O) groups is 2. The molecule has 0 fully saturated rings. The molecule has 0 aliphatic rings. The smallest absolute Gasteiger partial charge is 0.338 e. The van der Waals surface area contributed by atoms with Crippen molar-refractivity contribution in [2.75, 3.05) is 11.5 Å². The second-order valence-electron chi connectivity index (χ2n) is 7.07. The molecule has 0 N–H and O–H groups in total. The van der Waals surface area contributed by atoms with Crippen molar-refractivity contribution >= 4 is 17.6 Å². The maximum absolute atomic E-state index is 12.7. The van der Waals surface area contributed by atoms with E-state index in [0.29, 0.717) is 17.9 Å². The minimum absolute atomic E-state index is 0.0617. The summed E-state index contributed by atoms with van der Waals surface area (Å²) in [6.07, 6.45) is 0. The van der Waals surface area contributed by atoms with E-state index in [-0.39, 0.29) is 18.6 Å². The SMILES string of the molecule is CC(C)N(C(=O)COC(=O)c1cccc(OCc2ccccc2)c1)c1ccccc1. The second kappa shape index (κ2) is 10.3. The summed E-state index contributed by atoms with van der Waals surface area (Å²) in [7, 11) is 0. The van der Waals surface area contributed by atoms with Crippen molar-refractivity contribution in [3.63, 3.8) is 0 Å². The van der Waals surface area contributed by atoms with Gasteiger partial charge >= 0.3 is 5.97 Å². The fraction of sp³-hybridized carbons (Fsp3) is 0.200. The lowest BCUT2D eigenvalue weighted by molar-refractivity contribution is -0.122. The molecule has 0 aromatic heterocycles. The number of anilines is 1. The number of carbonyl (C=O) groups excluding carboxylic acids is 2. The van der Waals surface area contributed by atoms with Gasteiger partial charge in [-0.2, -0.15) is 0 Å². The summed E-state index contributed by atoms with van der Waals surface area (Å²) in [5, 5.41) is 0. The molecule has 0 aliphatic heterocycles. The normalized spacial score (nSPS) is 10.5. The molecule has 0 saturated carbocycles. The molecule has 0 heterocycles. The fourth-order valence-electron chi connectivity index (χ4n) is 3.05. The number of hydrogen-bond donors (Lipinski definition) is 0. The van der Waals surface area contributed by atoms with E-state index in [0.717, 1.165) is 11.3 Å². The van der Waals surface area contributed by atoms with E-state index in [2.05, 4.69) is 0 Å². The zero-order valence-corrected chi connectivity index (χ0v) is 17.2. The Hall–Kier alpha value is -3.60. The van der Waals surface area contributed by atoms with Crippen LogP contribution in [0.4, 0.5) is 5.69 Å². The highest BCUT2D eigenvalue weighted by atomic mass is 16.5. The summed E-state index contributed by atoms with van der Waals surface area (Å²) in [5.74, 6) is -0.279. The summed E-state index contributed by atoms with van der Waals surface area (Å²) in [6.45, 7) is 3.90. The van der Waals surface area contributed by atoms with Crippen LogP contribution >= 0.6 is 0 Å². The van der Waals surface area contributed by atoms with Crippen LogP contribution in [-0.2, 0) is 16.1 Å². The van der Waals surface area contributed by atoms with E-state index in [4.69, 9.17) is 9.47 Å². The lowest BCUT2D eigenvalue weighted by atomic mass is 10.2. The molecule has 0 unspecified atom stereocenters. The molecule has 30 heavy (non-hydrogen) atoms. The minimum Gasteiger partial charge on any atom is -0.489 e. The summed E-state index contributed by atoms with van der Waals surface area (Å²) < 4.78 is 11.0. The molecule has 0 aliphatic carbocycles. The zero-order chi connectivity index (χ0) is 21.3. The molecule has 0 bridgehead atoms. The first-order chi connectivity index (χ1) is 14.5. The van der Waals surface area contributed by atoms with Crippen LogP contribution in [0.2, 0.25) is 0 Å². The monoisotopic (exact) mass is 403 g/mol. The number of nitrogens with zero attached hydrogens (tertiary/aromatic N) is 1. The summed E-state index contributed by atoms with van der Waals surface area (Å²) in [4.78, 5) is 26.7. The molecule has 3 aromatic carbocycles. The molecular formula is C25H25NO4. The van der Waals surface area contributed by atoms with E-state index >= 15 is 0 Å². The van der Waals surface area contributed by atoms with Crippen LogP contribution in [0, 0.1) is 0 Å². The Bertz CT molecular complexity index is 971. The van der Waals surface area contributed by atoms with Crippen LogP contribution in [0.1, 0.15) is 29.8 Å². The fourth-order valence-corrected chi connectivity index (χ4v) is 3.05. The van der Waals surface area contributed by atoms with Crippen molar-refractivity contribution in [1.29, 1.82) is 0 Å². The predicted molar refractivity (Wildman–Crippen MR) is 117 cm³/mol. The average molecular weight is 403 g/mol. The number of amides is 1. The largest absolute Gasteiger partial charge is 0.489 e. The molecule has 5 heteroatoms. The van der Waals surface area contributed by atoms with Crippen molar-refractivity contribution in [1.82, 2.24) is 0 Å². The van der Waals surface area contributed by atoms with Gasteiger partial charge in [0.1, 0.15) is 12.4 Å². The standard InChI is InChI=1S/C25H25NO4/c1-19(2)26(22-13-7-4-8-14-22)24(27)18-30-25(28)21-12-9-15-23(16-21)29-17-20-10-5-3-6-11-20/h3-16,19H,17-18H2,1-2H3. The van der Waals surface area contributed by atoms with Gasteiger partial charge in [-0.15, -0.1) is 0 Å². The third kappa shape index (κ3) is 5.70. The van der Waals surface area contributed by atoms with Crippen molar-refractivity contribution in [2.24, 2.45) is 0 Å². The Morgan fingerprint density at radius 2 is 1.53 bits per heavy atom. The first-order valence-electron chi connectivity index (χ1n) is 9.85. The maximum atomic E-state index is 12.7. The highest BCUT2D eigenvalue weighted by Crippen LogP contribution is 2.18. The van der Waals surface area contributed by atoms with Gasteiger partial charge in [0.05, 0.1) is 5.56 Å². The number of ether oxygens (including phenoxy) is 2.